The van der Waals surface area contributed by atoms with Crippen molar-refractivity contribution in [2.24, 2.45) is 0 Å². The van der Waals surface area contributed by atoms with Crippen molar-refractivity contribution in [2.45, 2.75) is 18.0 Å². The number of nitrogens with zero attached hydrogens (tertiary/aromatic N) is 2. The van der Waals surface area contributed by atoms with Gasteiger partial charge in [-0.25, -0.2) is 8.42 Å². The number of carbonyl (C=O) groups is 1. The number of fused-ring (bicyclic) bond motifs is 1. The van der Waals surface area contributed by atoms with Crippen molar-refractivity contribution in [1.82, 2.24) is 9.21 Å². The Kier molecular flexibility index (Phi) is 8.30. The molecule has 0 aliphatic rings. The number of hydrogen-bond donors (Lipinski definition) is 0. The monoisotopic (exact) mass is 508 g/mol. The van der Waals surface area contributed by atoms with Gasteiger partial charge in [-0.2, -0.15) is 4.31 Å². The fraction of sp³-hybridized carbons (Fsp3) is 0.222. The van der Waals surface area contributed by atoms with Gasteiger partial charge >= 0.3 is 0 Å². The molecule has 0 saturated carbocycles. The van der Waals surface area contributed by atoms with E-state index in [4.69, 9.17) is 4.74 Å². The van der Waals surface area contributed by atoms with Crippen LogP contribution in [0.4, 0.5) is 0 Å². The molecule has 1 heterocycles. The molecule has 1 aromatic heterocycles. The predicted molar refractivity (Wildman–Crippen MR) is 140 cm³/mol. The smallest absolute Gasteiger partial charge is 0.243 e. The number of thiophene rings is 1. The molecule has 35 heavy (non-hydrogen) atoms. The van der Waals surface area contributed by atoms with Crippen molar-refractivity contribution in [3.8, 4) is 0 Å². The first-order valence-electron chi connectivity index (χ1n) is 11.3. The highest BCUT2D eigenvalue weighted by atomic mass is 32.2. The van der Waals surface area contributed by atoms with E-state index in [-0.39, 0.29) is 30.5 Å². The predicted octanol–water partition coefficient (Wildman–Crippen LogP) is 4.77. The number of hydrogen-bond acceptors (Lipinski definition) is 5. The largest absolute Gasteiger partial charge is 0.383 e. The molecule has 4 rings (SSSR count). The lowest BCUT2D eigenvalue weighted by Crippen LogP contribution is -2.43. The highest BCUT2D eigenvalue weighted by Crippen LogP contribution is 2.23. The van der Waals surface area contributed by atoms with Crippen LogP contribution < -0.4 is 0 Å². The topological polar surface area (TPSA) is 66.9 Å². The summed E-state index contributed by atoms with van der Waals surface area (Å²) in [5.74, 6) is -0.261. The number of benzene rings is 3. The van der Waals surface area contributed by atoms with Crippen molar-refractivity contribution in [3.05, 3.63) is 101 Å². The van der Waals surface area contributed by atoms with Crippen LogP contribution in [-0.2, 0) is 32.6 Å². The van der Waals surface area contributed by atoms with Gasteiger partial charge in [-0.3, -0.25) is 4.79 Å². The molecule has 0 aliphatic heterocycles. The molecular formula is C27H28N2O4S2. The Hall–Kier alpha value is -3.04. The van der Waals surface area contributed by atoms with E-state index in [1.54, 1.807) is 34.4 Å². The molecule has 1 amide bonds. The lowest BCUT2D eigenvalue weighted by Gasteiger charge is -2.27. The van der Waals surface area contributed by atoms with Crippen molar-refractivity contribution in [2.75, 3.05) is 26.8 Å². The number of rotatable bonds is 11. The molecule has 8 heteroatoms. The van der Waals surface area contributed by atoms with Gasteiger partial charge < -0.3 is 9.64 Å². The highest BCUT2D eigenvalue weighted by Gasteiger charge is 2.29. The zero-order valence-corrected chi connectivity index (χ0v) is 21.2. The van der Waals surface area contributed by atoms with E-state index < -0.39 is 10.0 Å². The van der Waals surface area contributed by atoms with Gasteiger partial charge in [0.1, 0.15) is 0 Å². The van der Waals surface area contributed by atoms with Gasteiger partial charge in [0.15, 0.2) is 0 Å². The van der Waals surface area contributed by atoms with E-state index >= 15 is 0 Å². The summed E-state index contributed by atoms with van der Waals surface area (Å²) in [6.07, 6.45) is 0. The van der Waals surface area contributed by atoms with Gasteiger partial charge in [0, 0.05) is 25.1 Å². The summed E-state index contributed by atoms with van der Waals surface area (Å²) in [6, 6.07) is 26.3. The molecule has 0 bridgehead atoms. The van der Waals surface area contributed by atoms with E-state index in [1.165, 1.54) is 11.4 Å². The van der Waals surface area contributed by atoms with Gasteiger partial charge in [-0.15, -0.1) is 11.3 Å². The maximum atomic E-state index is 13.6. The average Bonchev–Trinajstić information content (AvgIpc) is 3.39. The number of ether oxygens (including phenoxy) is 1. The molecule has 0 unspecified atom stereocenters. The normalized spacial score (nSPS) is 11.7. The first kappa shape index (κ1) is 25.1. The number of amides is 1. The highest BCUT2D eigenvalue weighted by molar-refractivity contribution is 7.89. The van der Waals surface area contributed by atoms with Gasteiger partial charge in [-0.05, 0) is 39.9 Å². The van der Waals surface area contributed by atoms with Crippen LogP contribution >= 0.6 is 11.3 Å². The molecule has 0 aliphatic carbocycles. The first-order valence-corrected chi connectivity index (χ1v) is 13.6. The summed E-state index contributed by atoms with van der Waals surface area (Å²) in [5, 5.41) is 3.75. The summed E-state index contributed by atoms with van der Waals surface area (Å²) in [5.41, 5.74) is 0.984. The maximum Gasteiger partial charge on any atom is 0.243 e. The van der Waals surface area contributed by atoms with E-state index in [1.807, 2.05) is 72.1 Å². The Morgan fingerprint density at radius 1 is 0.886 bits per heavy atom. The van der Waals surface area contributed by atoms with Crippen LogP contribution in [0.2, 0.25) is 0 Å². The SMILES string of the molecule is COCCN(CC(=O)N(Cc1ccccc1)Cc1cccs1)S(=O)(=O)c1ccc2ccccc2c1. The average molecular weight is 509 g/mol. The standard InChI is InChI=1S/C27H28N2O4S2/c1-33-16-15-29(35(31,32)26-14-13-23-10-5-6-11-24(23)18-26)21-27(30)28(20-25-12-7-17-34-25)19-22-8-3-2-4-9-22/h2-14,17-18H,15-16,19-21H2,1H3. The Bertz CT molecular complexity index is 1360. The molecule has 0 spiro atoms. The van der Waals surface area contributed by atoms with Crippen LogP contribution in [0, 0.1) is 0 Å². The fourth-order valence-corrected chi connectivity index (χ4v) is 5.96. The minimum atomic E-state index is -3.92. The summed E-state index contributed by atoms with van der Waals surface area (Å²) in [6.45, 7) is 0.807. The second kappa shape index (κ2) is 11.6. The Morgan fingerprint density at radius 3 is 2.34 bits per heavy atom. The van der Waals surface area contributed by atoms with Crippen LogP contribution in [0.1, 0.15) is 10.4 Å². The second-order valence-corrected chi connectivity index (χ2v) is 11.1. The molecule has 182 valence electrons. The van der Waals surface area contributed by atoms with Crippen molar-refractivity contribution < 1.29 is 17.9 Å². The van der Waals surface area contributed by atoms with Crippen molar-refractivity contribution >= 4 is 38.0 Å². The Morgan fingerprint density at radius 2 is 1.63 bits per heavy atom. The number of carbonyl (C=O) groups excluding carboxylic acids is 1. The summed E-state index contributed by atoms with van der Waals surface area (Å²) >= 11 is 1.57. The minimum absolute atomic E-state index is 0.0789. The van der Waals surface area contributed by atoms with Gasteiger partial charge in [0.25, 0.3) is 0 Å². The Balaban J connectivity index is 1.60. The van der Waals surface area contributed by atoms with Crippen molar-refractivity contribution in [1.29, 1.82) is 0 Å². The lowest BCUT2D eigenvalue weighted by atomic mass is 10.1. The van der Waals surface area contributed by atoms with Crippen LogP contribution in [0.3, 0.4) is 0 Å². The maximum absolute atomic E-state index is 13.6. The summed E-state index contributed by atoms with van der Waals surface area (Å²) in [7, 11) is -2.40. The second-order valence-electron chi connectivity index (χ2n) is 8.16. The molecule has 0 radical (unpaired) electrons. The molecule has 0 atom stereocenters. The number of sulfonamides is 1. The molecule has 0 saturated heterocycles. The van der Waals surface area contributed by atoms with Crippen LogP contribution in [-0.4, -0.2) is 50.3 Å². The summed E-state index contributed by atoms with van der Waals surface area (Å²) < 4.78 is 33.6. The molecular weight excluding hydrogens is 480 g/mol. The van der Waals surface area contributed by atoms with Crippen LogP contribution in [0.15, 0.2) is 95.2 Å². The quantitative estimate of drug-likeness (QED) is 0.293. The zero-order chi connectivity index (χ0) is 24.7. The van der Waals surface area contributed by atoms with Crippen LogP contribution in [0.25, 0.3) is 10.8 Å². The minimum Gasteiger partial charge on any atom is -0.383 e. The van der Waals surface area contributed by atoms with Crippen LogP contribution in [0.5, 0.6) is 0 Å². The third-order valence-corrected chi connectivity index (χ3v) is 8.41. The molecule has 6 nitrogen and oxygen atoms in total. The first-order chi connectivity index (χ1) is 17.0. The molecule has 3 aromatic carbocycles. The van der Waals surface area contributed by atoms with E-state index in [2.05, 4.69) is 0 Å². The Labute approximate surface area is 210 Å². The van der Waals surface area contributed by atoms with Gasteiger partial charge in [0.2, 0.25) is 15.9 Å². The van der Waals surface area contributed by atoms with E-state index in [0.717, 1.165) is 21.2 Å². The van der Waals surface area contributed by atoms with Gasteiger partial charge in [0.05, 0.1) is 24.6 Å². The molecule has 0 N–H and O–H groups in total. The third-order valence-electron chi connectivity index (χ3n) is 5.71. The zero-order valence-electron chi connectivity index (χ0n) is 19.5. The van der Waals surface area contributed by atoms with E-state index in [0.29, 0.717) is 13.1 Å². The number of methoxy groups -OCH3 is 1. The molecule has 0 fully saturated rings. The van der Waals surface area contributed by atoms with E-state index in [9.17, 15) is 13.2 Å². The fourth-order valence-electron chi connectivity index (χ4n) is 3.83. The van der Waals surface area contributed by atoms with Gasteiger partial charge in [-0.1, -0.05) is 66.7 Å². The van der Waals surface area contributed by atoms with Crippen molar-refractivity contribution in [3.63, 3.8) is 0 Å². The lowest BCUT2D eigenvalue weighted by molar-refractivity contribution is -0.132. The third kappa shape index (κ3) is 6.35. The summed E-state index contributed by atoms with van der Waals surface area (Å²) in [4.78, 5) is 16.4. The molecule has 4 aromatic rings.